The van der Waals surface area contributed by atoms with E-state index >= 15 is 0 Å². The van der Waals surface area contributed by atoms with Gasteiger partial charge in [0.1, 0.15) is 17.3 Å². The molecule has 1 atom stereocenters. The van der Waals surface area contributed by atoms with Gasteiger partial charge in [0.15, 0.2) is 0 Å². The van der Waals surface area contributed by atoms with Crippen molar-refractivity contribution in [1.29, 1.82) is 0 Å². The van der Waals surface area contributed by atoms with E-state index in [1.807, 2.05) is 61.5 Å². The Bertz CT molecular complexity index is 1320. The topological polar surface area (TPSA) is 65.4 Å². The van der Waals surface area contributed by atoms with Crippen LogP contribution in [0.15, 0.2) is 72.8 Å². The first-order valence-electron chi connectivity index (χ1n) is 12.9. The molecule has 3 aromatic carbocycles. The maximum Gasteiger partial charge on any atom is 0.224 e. The van der Waals surface area contributed by atoms with Gasteiger partial charge < -0.3 is 19.4 Å². The van der Waals surface area contributed by atoms with Crippen LogP contribution in [-0.4, -0.2) is 29.2 Å². The van der Waals surface area contributed by atoms with Crippen molar-refractivity contribution in [3.8, 4) is 11.5 Å². The van der Waals surface area contributed by atoms with Gasteiger partial charge in [-0.2, -0.15) is 0 Å². The average molecular weight is 500 g/mol. The standard InChI is InChI=1S/C31H37N3O3/c1-22(32-29(35)21-23-11-15-25(36-5)16-12-23)30-33-27-9-6-7-10-28(27)34(30)19-8-20-37-26-17-13-24(14-18-26)31(2,3)4/h6-7,9-18,22H,8,19-21H2,1-5H3,(H,32,35). The monoisotopic (exact) mass is 499 g/mol. The van der Waals surface area contributed by atoms with E-state index in [1.54, 1.807) is 7.11 Å². The number of rotatable bonds is 10. The van der Waals surface area contributed by atoms with Crippen LogP contribution in [0.2, 0.25) is 0 Å². The van der Waals surface area contributed by atoms with Gasteiger partial charge in [0.2, 0.25) is 5.91 Å². The van der Waals surface area contributed by atoms with Crippen LogP contribution in [-0.2, 0) is 23.2 Å². The second kappa shape index (κ2) is 11.5. The van der Waals surface area contributed by atoms with Crippen LogP contribution in [0.4, 0.5) is 0 Å². The van der Waals surface area contributed by atoms with E-state index in [1.165, 1.54) is 5.56 Å². The van der Waals surface area contributed by atoms with Crippen LogP contribution < -0.4 is 14.8 Å². The predicted octanol–water partition coefficient (Wildman–Crippen LogP) is 6.23. The van der Waals surface area contributed by atoms with Crippen molar-refractivity contribution >= 4 is 16.9 Å². The smallest absolute Gasteiger partial charge is 0.224 e. The Hall–Kier alpha value is -3.80. The molecule has 0 spiro atoms. The fourth-order valence-corrected chi connectivity index (χ4v) is 4.41. The third-order valence-electron chi connectivity index (χ3n) is 6.49. The Morgan fingerprint density at radius 1 is 0.973 bits per heavy atom. The highest BCUT2D eigenvalue weighted by molar-refractivity contribution is 5.79. The SMILES string of the molecule is COc1ccc(CC(=O)NC(C)c2nc3ccccc3n2CCCOc2ccc(C(C)(C)C)cc2)cc1. The van der Waals surface area contributed by atoms with Crippen molar-refractivity contribution < 1.29 is 14.3 Å². The quantitative estimate of drug-likeness (QED) is 0.263. The average Bonchev–Trinajstić information content (AvgIpc) is 3.25. The highest BCUT2D eigenvalue weighted by Crippen LogP contribution is 2.25. The lowest BCUT2D eigenvalue weighted by Gasteiger charge is -2.19. The molecule has 0 aliphatic rings. The van der Waals surface area contributed by atoms with Gasteiger partial charge >= 0.3 is 0 Å². The number of hydrogen-bond donors (Lipinski definition) is 1. The first kappa shape index (κ1) is 26.3. The molecule has 1 aromatic heterocycles. The fraction of sp³-hybridized carbons (Fsp3) is 0.355. The van der Waals surface area contributed by atoms with E-state index in [0.29, 0.717) is 13.0 Å². The molecule has 1 unspecified atom stereocenters. The lowest BCUT2D eigenvalue weighted by molar-refractivity contribution is -0.121. The highest BCUT2D eigenvalue weighted by atomic mass is 16.5. The first-order valence-corrected chi connectivity index (χ1v) is 12.9. The molecule has 4 aromatic rings. The molecule has 1 heterocycles. The summed E-state index contributed by atoms with van der Waals surface area (Å²) in [7, 11) is 1.63. The number of amides is 1. The molecular formula is C31H37N3O3. The number of hydrogen-bond acceptors (Lipinski definition) is 4. The zero-order chi connectivity index (χ0) is 26.4. The number of carbonyl (C=O) groups is 1. The van der Waals surface area contributed by atoms with Crippen LogP contribution in [0, 0.1) is 0 Å². The van der Waals surface area contributed by atoms with Crippen molar-refractivity contribution in [2.45, 2.75) is 58.5 Å². The summed E-state index contributed by atoms with van der Waals surface area (Å²) in [5.74, 6) is 2.46. The zero-order valence-corrected chi connectivity index (χ0v) is 22.5. The van der Waals surface area contributed by atoms with Gasteiger partial charge in [-0.3, -0.25) is 4.79 Å². The molecule has 1 amide bonds. The minimum Gasteiger partial charge on any atom is -0.497 e. The highest BCUT2D eigenvalue weighted by Gasteiger charge is 2.19. The molecule has 6 nitrogen and oxygen atoms in total. The molecule has 37 heavy (non-hydrogen) atoms. The third kappa shape index (κ3) is 6.70. The summed E-state index contributed by atoms with van der Waals surface area (Å²) in [4.78, 5) is 17.6. The molecule has 0 saturated carbocycles. The summed E-state index contributed by atoms with van der Waals surface area (Å²) in [6.07, 6.45) is 1.12. The Kier molecular flexibility index (Phi) is 8.17. The maximum atomic E-state index is 12.8. The number of imidazole rings is 1. The number of para-hydroxylation sites is 2. The van der Waals surface area contributed by atoms with Gasteiger partial charge in [0.05, 0.1) is 37.2 Å². The number of carbonyl (C=O) groups excluding carboxylic acids is 1. The van der Waals surface area contributed by atoms with E-state index < -0.39 is 0 Å². The number of aryl methyl sites for hydroxylation is 1. The maximum absolute atomic E-state index is 12.8. The largest absolute Gasteiger partial charge is 0.497 e. The number of aromatic nitrogens is 2. The van der Waals surface area contributed by atoms with Crippen molar-refractivity contribution in [3.05, 3.63) is 89.7 Å². The number of ether oxygens (including phenoxy) is 2. The number of benzene rings is 3. The summed E-state index contributed by atoms with van der Waals surface area (Å²) >= 11 is 0. The molecule has 0 saturated heterocycles. The minimum absolute atomic E-state index is 0.0432. The van der Waals surface area contributed by atoms with E-state index in [2.05, 4.69) is 48.9 Å². The molecule has 6 heteroatoms. The molecule has 0 radical (unpaired) electrons. The molecular weight excluding hydrogens is 462 g/mol. The van der Waals surface area contributed by atoms with E-state index in [0.717, 1.165) is 46.9 Å². The molecule has 0 aliphatic heterocycles. The molecule has 0 aliphatic carbocycles. The summed E-state index contributed by atoms with van der Waals surface area (Å²) in [6, 6.07) is 23.8. The lowest BCUT2D eigenvalue weighted by Crippen LogP contribution is -2.30. The second-order valence-electron chi connectivity index (χ2n) is 10.4. The third-order valence-corrected chi connectivity index (χ3v) is 6.49. The normalized spacial score (nSPS) is 12.4. The van der Waals surface area contributed by atoms with E-state index in [9.17, 15) is 4.79 Å². The number of fused-ring (bicyclic) bond motifs is 1. The summed E-state index contributed by atoms with van der Waals surface area (Å²) in [5.41, 5.74) is 4.33. The van der Waals surface area contributed by atoms with Gasteiger partial charge in [0, 0.05) is 6.54 Å². The van der Waals surface area contributed by atoms with Crippen molar-refractivity contribution in [3.63, 3.8) is 0 Å². The van der Waals surface area contributed by atoms with Crippen molar-refractivity contribution in [1.82, 2.24) is 14.9 Å². The number of nitrogens with one attached hydrogen (secondary N) is 1. The first-order chi connectivity index (χ1) is 17.7. The van der Waals surface area contributed by atoms with E-state index in [-0.39, 0.29) is 17.4 Å². The van der Waals surface area contributed by atoms with Crippen molar-refractivity contribution in [2.75, 3.05) is 13.7 Å². The van der Waals surface area contributed by atoms with Crippen LogP contribution in [0.3, 0.4) is 0 Å². The number of methoxy groups -OCH3 is 1. The number of nitrogens with zero attached hydrogens (tertiary/aromatic N) is 2. The van der Waals surface area contributed by atoms with Crippen LogP contribution >= 0.6 is 0 Å². The van der Waals surface area contributed by atoms with Crippen LogP contribution in [0.1, 0.15) is 57.1 Å². The minimum atomic E-state index is -0.232. The van der Waals surface area contributed by atoms with Crippen LogP contribution in [0.5, 0.6) is 11.5 Å². The molecule has 1 N–H and O–H groups in total. The van der Waals surface area contributed by atoms with Crippen molar-refractivity contribution in [2.24, 2.45) is 0 Å². The van der Waals surface area contributed by atoms with Gasteiger partial charge in [0.25, 0.3) is 0 Å². The summed E-state index contributed by atoms with van der Waals surface area (Å²) < 4.78 is 13.4. The summed E-state index contributed by atoms with van der Waals surface area (Å²) in [6.45, 7) is 9.94. The van der Waals surface area contributed by atoms with Gasteiger partial charge in [-0.25, -0.2) is 4.98 Å². The molecule has 194 valence electrons. The Morgan fingerprint density at radius 2 is 1.65 bits per heavy atom. The lowest BCUT2D eigenvalue weighted by atomic mass is 9.87. The Morgan fingerprint density at radius 3 is 2.32 bits per heavy atom. The fourth-order valence-electron chi connectivity index (χ4n) is 4.41. The summed E-state index contributed by atoms with van der Waals surface area (Å²) in [5, 5.41) is 3.12. The second-order valence-corrected chi connectivity index (χ2v) is 10.4. The van der Waals surface area contributed by atoms with Gasteiger partial charge in [-0.15, -0.1) is 0 Å². The molecule has 0 bridgehead atoms. The zero-order valence-electron chi connectivity index (χ0n) is 22.5. The molecule has 4 rings (SSSR count). The van der Waals surface area contributed by atoms with Gasteiger partial charge in [-0.05, 0) is 66.3 Å². The predicted molar refractivity (Wildman–Crippen MR) is 148 cm³/mol. The van der Waals surface area contributed by atoms with Crippen LogP contribution in [0.25, 0.3) is 11.0 Å². The Balaban J connectivity index is 1.39. The van der Waals surface area contributed by atoms with E-state index in [4.69, 9.17) is 14.5 Å². The molecule has 0 fully saturated rings. The Labute approximate surface area is 219 Å². The van der Waals surface area contributed by atoms with Gasteiger partial charge in [-0.1, -0.05) is 57.2 Å².